The lowest BCUT2D eigenvalue weighted by Crippen LogP contribution is -2.52. The van der Waals surface area contributed by atoms with Gasteiger partial charge >= 0.3 is 6.09 Å². The van der Waals surface area contributed by atoms with Crippen LogP contribution in [0.25, 0.3) is 0 Å². The quantitative estimate of drug-likeness (QED) is 0.216. The first-order valence-corrected chi connectivity index (χ1v) is 16.1. The molecule has 7 nitrogen and oxygen atoms in total. The molecule has 0 radical (unpaired) electrons. The van der Waals surface area contributed by atoms with Crippen molar-refractivity contribution in [2.24, 2.45) is 0 Å². The molecule has 2 aromatic rings. The number of amides is 3. The highest BCUT2D eigenvalue weighted by molar-refractivity contribution is 7.98. The Hall–Kier alpha value is -2.71. The zero-order valence-electron chi connectivity index (χ0n) is 25.5. The Kier molecular flexibility index (Phi) is 14.0. The molecule has 0 aromatic heterocycles. The Labute approximate surface area is 255 Å². The first-order valence-electron chi connectivity index (χ1n) is 14.3. The molecule has 0 aliphatic carbocycles. The van der Waals surface area contributed by atoms with Gasteiger partial charge < -0.3 is 20.3 Å². The summed E-state index contributed by atoms with van der Waals surface area (Å²) in [6.07, 6.45) is 5.39. The maximum absolute atomic E-state index is 14.3. The summed E-state index contributed by atoms with van der Waals surface area (Å²) in [4.78, 5) is 42.8. The van der Waals surface area contributed by atoms with Crippen LogP contribution in [0, 0.1) is 13.8 Å². The van der Waals surface area contributed by atoms with Gasteiger partial charge in [-0.25, -0.2) is 4.79 Å². The second kappa shape index (κ2) is 16.7. The first-order chi connectivity index (χ1) is 19.4. The van der Waals surface area contributed by atoms with E-state index in [2.05, 4.69) is 17.6 Å². The maximum atomic E-state index is 14.3. The highest BCUT2D eigenvalue weighted by Crippen LogP contribution is 2.30. The Bertz CT molecular complexity index is 1130. The number of anilines is 1. The van der Waals surface area contributed by atoms with Crippen molar-refractivity contribution in [1.29, 1.82) is 0 Å². The van der Waals surface area contributed by atoms with Crippen LogP contribution >= 0.6 is 23.4 Å². The molecule has 2 rings (SSSR count). The highest BCUT2D eigenvalue weighted by Gasteiger charge is 2.36. The summed E-state index contributed by atoms with van der Waals surface area (Å²) in [7, 11) is 0. The van der Waals surface area contributed by atoms with Crippen molar-refractivity contribution in [3.8, 4) is 0 Å². The van der Waals surface area contributed by atoms with E-state index in [0.717, 1.165) is 36.8 Å². The number of hydrogen-bond donors (Lipinski definition) is 2. The minimum absolute atomic E-state index is 0.321. The molecule has 0 fully saturated rings. The average molecular weight is 604 g/mol. The number of nitrogens with zero attached hydrogens (tertiary/aromatic N) is 1. The molecule has 2 unspecified atom stereocenters. The highest BCUT2D eigenvalue weighted by atomic mass is 35.5. The minimum atomic E-state index is -0.933. The Morgan fingerprint density at radius 3 is 2.29 bits per heavy atom. The SMILES string of the molecule is CCCCCCN(C(=O)C(CCSC)NC(=O)OC(C)(C)C)C(C(=O)Nc1c(C)cccc1Cl)c1ccc(C)cc1. The molecule has 0 aliphatic rings. The van der Waals surface area contributed by atoms with Crippen LogP contribution in [0.1, 0.15) is 82.5 Å². The van der Waals surface area contributed by atoms with Gasteiger partial charge in [-0.1, -0.05) is 79.7 Å². The number of ether oxygens (including phenoxy) is 1. The van der Waals surface area contributed by atoms with E-state index < -0.39 is 23.8 Å². The van der Waals surface area contributed by atoms with Crippen LogP contribution in [-0.2, 0) is 14.3 Å². The first kappa shape index (κ1) is 34.5. The molecule has 2 N–H and O–H groups in total. The summed E-state index contributed by atoms with van der Waals surface area (Å²) in [5.41, 5.74) is 2.34. The zero-order chi connectivity index (χ0) is 30.6. The fraction of sp³-hybridized carbons (Fsp3) is 0.531. The Morgan fingerprint density at radius 2 is 1.71 bits per heavy atom. The number of unbranched alkanes of at least 4 members (excludes halogenated alkanes) is 3. The topological polar surface area (TPSA) is 87.7 Å². The molecule has 0 bridgehead atoms. The molecule has 2 atom stereocenters. The Morgan fingerprint density at radius 1 is 1.02 bits per heavy atom. The lowest BCUT2D eigenvalue weighted by Gasteiger charge is -2.35. The van der Waals surface area contributed by atoms with Gasteiger partial charge in [0.25, 0.3) is 5.91 Å². The van der Waals surface area contributed by atoms with Gasteiger partial charge in [-0.3, -0.25) is 9.59 Å². The van der Waals surface area contributed by atoms with E-state index >= 15 is 0 Å². The molecular weight excluding hydrogens is 558 g/mol. The van der Waals surface area contributed by atoms with Gasteiger partial charge in [-0.05, 0) is 76.7 Å². The molecule has 0 saturated heterocycles. The normalized spacial score (nSPS) is 12.8. The summed E-state index contributed by atoms with van der Waals surface area (Å²) < 4.78 is 5.48. The van der Waals surface area contributed by atoms with Crippen molar-refractivity contribution in [2.45, 2.75) is 91.3 Å². The van der Waals surface area contributed by atoms with Gasteiger partial charge in [0.05, 0.1) is 10.7 Å². The van der Waals surface area contributed by atoms with Gasteiger partial charge in [-0.2, -0.15) is 11.8 Å². The van der Waals surface area contributed by atoms with Crippen molar-refractivity contribution in [2.75, 3.05) is 23.9 Å². The van der Waals surface area contributed by atoms with Crippen LogP contribution in [0.2, 0.25) is 5.02 Å². The lowest BCUT2D eigenvalue weighted by atomic mass is 10.00. The fourth-order valence-electron chi connectivity index (χ4n) is 4.42. The van der Waals surface area contributed by atoms with Crippen LogP contribution in [0.3, 0.4) is 0 Å². The largest absolute Gasteiger partial charge is 0.444 e. The third kappa shape index (κ3) is 11.2. The second-order valence-electron chi connectivity index (χ2n) is 11.3. The smallest absolute Gasteiger partial charge is 0.408 e. The minimum Gasteiger partial charge on any atom is -0.444 e. The number of thioether (sulfide) groups is 1. The number of rotatable bonds is 14. The second-order valence-corrected chi connectivity index (χ2v) is 12.7. The molecule has 2 aromatic carbocycles. The van der Waals surface area contributed by atoms with E-state index in [1.54, 1.807) is 43.5 Å². The number of nitrogens with one attached hydrogen (secondary N) is 2. The standard InChI is InChI=1S/C32H46ClN3O4S/c1-8-9-10-11-20-36(30(38)26(19-21-41-7)34-31(39)40-32(4,5)6)28(24-17-15-22(2)16-18-24)29(37)35-27-23(3)13-12-14-25(27)33/h12-18,26,28H,8-11,19-21H2,1-7H3,(H,34,39)(H,35,37). The van der Waals surface area contributed by atoms with Crippen LogP contribution in [0.4, 0.5) is 10.5 Å². The van der Waals surface area contributed by atoms with Gasteiger partial charge in [0.1, 0.15) is 17.7 Å². The van der Waals surface area contributed by atoms with Gasteiger partial charge in [0, 0.05) is 6.54 Å². The molecule has 0 saturated carbocycles. The van der Waals surface area contributed by atoms with Crippen molar-refractivity contribution >= 4 is 47.0 Å². The van der Waals surface area contributed by atoms with E-state index in [-0.39, 0.29) is 11.8 Å². The van der Waals surface area contributed by atoms with E-state index in [1.807, 2.05) is 56.5 Å². The molecular formula is C32H46ClN3O4S. The summed E-state index contributed by atoms with van der Waals surface area (Å²) in [5, 5.41) is 6.22. The zero-order valence-corrected chi connectivity index (χ0v) is 27.1. The van der Waals surface area contributed by atoms with Crippen molar-refractivity contribution < 1.29 is 19.1 Å². The van der Waals surface area contributed by atoms with Gasteiger partial charge in [-0.15, -0.1) is 0 Å². The number of carbonyl (C=O) groups is 3. The van der Waals surface area contributed by atoms with Crippen molar-refractivity contribution in [3.63, 3.8) is 0 Å². The molecule has 226 valence electrons. The van der Waals surface area contributed by atoms with E-state index in [4.69, 9.17) is 16.3 Å². The number of halogens is 1. The van der Waals surface area contributed by atoms with Gasteiger partial charge in [0.2, 0.25) is 5.91 Å². The number of benzene rings is 2. The van der Waals surface area contributed by atoms with Crippen LogP contribution in [0.5, 0.6) is 0 Å². The number of para-hydroxylation sites is 1. The number of aryl methyl sites for hydroxylation is 2. The van der Waals surface area contributed by atoms with Crippen molar-refractivity contribution in [1.82, 2.24) is 10.2 Å². The summed E-state index contributed by atoms with van der Waals surface area (Å²) in [6, 6.07) is 11.3. The number of alkyl carbamates (subject to hydrolysis) is 1. The van der Waals surface area contributed by atoms with Crippen molar-refractivity contribution in [3.05, 3.63) is 64.2 Å². The molecule has 0 heterocycles. The molecule has 41 heavy (non-hydrogen) atoms. The van der Waals surface area contributed by atoms with E-state index in [0.29, 0.717) is 35.0 Å². The number of hydrogen-bond acceptors (Lipinski definition) is 5. The van der Waals surface area contributed by atoms with Gasteiger partial charge in [0.15, 0.2) is 0 Å². The maximum Gasteiger partial charge on any atom is 0.408 e. The third-order valence-electron chi connectivity index (χ3n) is 6.56. The predicted octanol–water partition coefficient (Wildman–Crippen LogP) is 7.69. The monoisotopic (exact) mass is 603 g/mol. The lowest BCUT2D eigenvalue weighted by molar-refractivity contribution is -0.141. The van der Waals surface area contributed by atoms with E-state index in [9.17, 15) is 14.4 Å². The Balaban J connectivity index is 2.55. The third-order valence-corrected chi connectivity index (χ3v) is 7.52. The molecule has 9 heteroatoms. The van der Waals surface area contributed by atoms with Crippen LogP contribution in [0.15, 0.2) is 42.5 Å². The van der Waals surface area contributed by atoms with Crippen LogP contribution < -0.4 is 10.6 Å². The fourth-order valence-corrected chi connectivity index (χ4v) is 5.16. The van der Waals surface area contributed by atoms with E-state index in [1.165, 1.54) is 0 Å². The molecule has 0 aliphatic heterocycles. The average Bonchev–Trinajstić information content (AvgIpc) is 2.90. The summed E-state index contributed by atoms with van der Waals surface area (Å²) in [6.45, 7) is 11.7. The molecule has 0 spiro atoms. The summed E-state index contributed by atoms with van der Waals surface area (Å²) in [5.74, 6) is -0.0383. The summed E-state index contributed by atoms with van der Waals surface area (Å²) >= 11 is 8.05. The number of carbonyl (C=O) groups excluding carboxylic acids is 3. The predicted molar refractivity (Wildman–Crippen MR) is 171 cm³/mol. The molecule has 3 amide bonds. The van der Waals surface area contributed by atoms with Crippen LogP contribution in [-0.4, -0.2) is 53.0 Å².